The first-order chi connectivity index (χ1) is 8.11. The topological polar surface area (TPSA) is 9.23 Å². The van der Waals surface area contributed by atoms with E-state index in [1.165, 1.54) is 6.08 Å². The molecule has 98 valence electrons. The molecule has 0 amide bonds. The summed E-state index contributed by atoms with van der Waals surface area (Å²) in [5.41, 5.74) is 1.85. The molecule has 0 aromatic carbocycles. The van der Waals surface area contributed by atoms with E-state index in [0.29, 0.717) is 11.1 Å². The van der Waals surface area contributed by atoms with Gasteiger partial charge in [0, 0.05) is 0 Å². The molecule has 1 nitrogen and oxygen atoms in total. The van der Waals surface area contributed by atoms with Crippen LogP contribution in [0.4, 0.5) is 13.2 Å². The van der Waals surface area contributed by atoms with Crippen molar-refractivity contribution in [2.45, 2.75) is 13.3 Å². The van der Waals surface area contributed by atoms with Gasteiger partial charge >= 0.3 is 6.36 Å². The van der Waals surface area contributed by atoms with Crippen molar-refractivity contribution in [3.05, 3.63) is 73.1 Å². The summed E-state index contributed by atoms with van der Waals surface area (Å²) >= 11 is 0. The van der Waals surface area contributed by atoms with Crippen molar-refractivity contribution in [3.8, 4) is 0 Å². The maximum atomic E-state index is 11.8. The molecule has 0 bridgehead atoms. The van der Waals surface area contributed by atoms with Crippen molar-refractivity contribution in [3.63, 3.8) is 0 Å². The molecule has 0 fully saturated rings. The van der Waals surface area contributed by atoms with E-state index in [0.717, 1.165) is 11.6 Å². The van der Waals surface area contributed by atoms with Gasteiger partial charge in [0.2, 0.25) is 0 Å². The van der Waals surface area contributed by atoms with Crippen LogP contribution in [0.5, 0.6) is 0 Å². The van der Waals surface area contributed by atoms with Crippen LogP contribution in [0.1, 0.15) is 6.92 Å². The van der Waals surface area contributed by atoms with Crippen LogP contribution in [-0.4, -0.2) is 6.36 Å². The highest BCUT2D eigenvalue weighted by Crippen LogP contribution is 2.21. The summed E-state index contributed by atoms with van der Waals surface area (Å²) in [4.78, 5) is 0. The Morgan fingerprint density at radius 3 is 1.72 bits per heavy atom. The van der Waals surface area contributed by atoms with Crippen LogP contribution in [0, 0.1) is 0 Å². The summed E-state index contributed by atoms with van der Waals surface area (Å²) in [5.74, 6) is -0.514. The van der Waals surface area contributed by atoms with Gasteiger partial charge in [0.15, 0.2) is 0 Å². The minimum absolute atomic E-state index is 0.458. The van der Waals surface area contributed by atoms with Crippen LogP contribution >= 0.6 is 0 Å². The van der Waals surface area contributed by atoms with Gasteiger partial charge in [-0.2, -0.15) is 0 Å². The van der Waals surface area contributed by atoms with Crippen LogP contribution < -0.4 is 0 Å². The molecule has 0 saturated heterocycles. The molecule has 0 aliphatic rings. The van der Waals surface area contributed by atoms with Crippen LogP contribution in [0.2, 0.25) is 0 Å². The van der Waals surface area contributed by atoms with Crippen molar-refractivity contribution in [1.29, 1.82) is 0 Å². The third kappa shape index (κ3) is 8.21. The first-order valence-electron chi connectivity index (χ1n) is 4.96. The van der Waals surface area contributed by atoms with Crippen molar-refractivity contribution in [2.24, 2.45) is 0 Å². The lowest BCUT2D eigenvalue weighted by Crippen LogP contribution is -2.11. The van der Waals surface area contributed by atoms with Crippen molar-refractivity contribution in [1.82, 2.24) is 0 Å². The van der Waals surface area contributed by atoms with E-state index in [-0.39, 0.29) is 0 Å². The number of hydrogen-bond acceptors (Lipinski definition) is 1. The Bertz CT molecular complexity index is 423. The molecule has 0 aromatic rings. The second kappa shape index (κ2) is 6.69. The molecule has 0 rings (SSSR count). The number of rotatable bonds is 6. The smallest absolute Gasteiger partial charge is 0.406 e. The predicted octanol–water partition coefficient (Wildman–Crippen LogP) is 4.84. The molecule has 18 heavy (non-hydrogen) atoms. The summed E-state index contributed by atoms with van der Waals surface area (Å²) in [6.45, 7) is 16.0. The SMILES string of the molecule is C=C(C)/C=C\C(=C)C(=C)/C=C\C(=C)OC(F)(F)F. The van der Waals surface area contributed by atoms with Crippen molar-refractivity contribution < 1.29 is 17.9 Å². The Kier molecular flexibility index (Phi) is 5.96. The highest BCUT2D eigenvalue weighted by molar-refractivity contribution is 5.44. The normalized spacial score (nSPS) is 11.8. The van der Waals surface area contributed by atoms with Crippen LogP contribution in [-0.2, 0) is 4.74 Å². The van der Waals surface area contributed by atoms with E-state index < -0.39 is 12.1 Å². The number of hydrogen-bond donors (Lipinski definition) is 0. The van der Waals surface area contributed by atoms with E-state index in [9.17, 15) is 13.2 Å². The fourth-order valence-electron chi connectivity index (χ4n) is 0.833. The molecule has 0 aliphatic heterocycles. The Morgan fingerprint density at radius 1 is 0.889 bits per heavy atom. The maximum Gasteiger partial charge on any atom is 0.573 e. The fourth-order valence-corrected chi connectivity index (χ4v) is 0.833. The first-order valence-corrected chi connectivity index (χ1v) is 4.96. The zero-order chi connectivity index (χ0) is 14.3. The van der Waals surface area contributed by atoms with Crippen LogP contribution in [0.25, 0.3) is 0 Å². The maximum absolute atomic E-state index is 11.8. The minimum atomic E-state index is -4.74. The predicted molar refractivity (Wildman–Crippen MR) is 67.7 cm³/mol. The molecule has 0 spiro atoms. The average molecular weight is 256 g/mol. The Labute approximate surface area is 105 Å². The van der Waals surface area contributed by atoms with E-state index in [1.54, 1.807) is 19.1 Å². The van der Waals surface area contributed by atoms with E-state index >= 15 is 0 Å². The van der Waals surface area contributed by atoms with Crippen molar-refractivity contribution in [2.75, 3.05) is 0 Å². The lowest BCUT2D eigenvalue weighted by Gasteiger charge is -2.08. The highest BCUT2D eigenvalue weighted by Gasteiger charge is 2.30. The zero-order valence-corrected chi connectivity index (χ0v) is 10.2. The van der Waals surface area contributed by atoms with Gasteiger partial charge in [-0.15, -0.1) is 13.2 Å². The summed E-state index contributed by atoms with van der Waals surface area (Å²) in [6.07, 6.45) is 1.08. The van der Waals surface area contributed by atoms with Gasteiger partial charge in [-0.05, 0) is 24.1 Å². The molecular formula is C14H15F3O. The standard InChI is InChI=1S/C14H15F3O/c1-10(2)6-7-11(3)12(4)8-9-13(5)18-14(15,16)17/h6-9H,1,3-5H2,2H3/b7-6-,9-8-. The number of allylic oxidation sites excluding steroid dienone is 7. The molecule has 0 aliphatic carbocycles. The molecular weight excluding hydrogens is 241 g/mol. The van der Waals surface area contributed by atoms with Crippen LogP contribution in [0.15, 0.2) is 73.1 Å². The van der Waals surface area contributed by atoms with E-state index in [4.69, 9.17) is 0 Å². The molecule has 0 radical (unpaired) electrons. The largest absolute Gasteiger partial charge is 0.573 e. The molecule has 0 heterocycles. The quantitative estimate of drug-likeness (QED) is 0.488. The minimum Gasteiger partial charge on any atom is -0.406 e. The highest BCUT2D eigenvalue weighted by atomic mass is 19.4. The number of ether oxygens (including phenoxy) is 1. The fraction of sp³-hybridized carbons (Fsp3) is 0.143. The molecule has 0 N–H and O–H groups in total. The summed E-state index contributed by atoms with van der Waals surface area (Å²) in [5, 5.41) is 0. The molecule has 0 saturated carbocycles. The van der Waals surface area contributed by atoms with Gasteiger partial charge in [0.05, 0.1) is 0 Å². The lowest BCUT2D eigenvalue weighted by molar-refractivity contribution is -0.303. The first kappa shape index (κ1) is 16.0. The van der Waals surface area contributed by atoms with Gasteiger partial charge in [0.25, 0.3) is 0 Å². The summed E-state index contributed by atoms with van der Waals surface area (Å²) in [6, 6.07) is 0. The summed E-state index contributed by atoms with van der Waals surface area (Å²) in [7, 11) is 0. The van der Waals surface area contributed by atoms with Gasteiger partial charge < -0.3 is 4.74 Å². The van der Waals surface area contributed by atoms with Gasteiger partial charge in [-0.1, -0.05) is 50.1 Å². The lowest BCUT2D eigenvalue weighted by atomic mass is 10.1. The molecule has 0 unspecified atom stereocenters. The average Bonchev–Trinajstić information content (AvgIpc) is 2.19. The number of alkyl halides is 3. The van der Waals surface area contributed by atoms with E-state index in [2.05, 4.69) is 31.1 Å². The van der Waals surface area contributed by atoms with E-state index in [1.807, 2.05) is 0 Å². The second-order valence-electron chi connectivity index (χ2n) is 3.58. The molecule has 4 heteroatoms. The number of halogens is 3. The summed E-state index contributed by atoms with van der Waals surface area (Å²) < 4.78 is 39.0. The van der Waals surface area contributed by atoms with Gasteiger partial charge in [-0.25, -0.2) is 0 Å². The van der Waals surface area contributed by atoms with Gasteiger partial charge in [0.1, 0.15) is 5.76 Å². The van der Waals surface area contributed by atoms with Crippen molar-refractivity contribution >= 4 is 0 Å². The Hall–Kier alpha value is -1.97. The third-order valence-corrected chi connectivity index (χ3v) is 1.70. The third-order valence-electron chi connectivity index (χ3n) is 1.70. The molecule has 0 atom stereocenters. The van der Waals surface area contributed by atoms with Gasteiger partial charge in [-0.3, -0.25) is 0 Å². The Morgan fingerprint density at radius 2 is 1.33 bits per heavy atom. The second-order valence-corrected chi connectivity index (χ2v) is 3.58. The molecule has 0 aromatic heterocycles. The Balaban J connectivity index is 4.44. The van der Waals surface area contributed by atoms with Crippen LogP contribution in [0.3, 0.4) is 0 Å². The zero-order valence-electron chi connectivity index (χ0n) is 10.2. The monoisotopic (exact) mass is 256 g/mol.